The fourth-order valence-corrected chi connectivity index (χ4v) is 3.21. The third-order valence-corrected chi connectivity index (χ3v) is 4.35. The summed E-state index contributed by atoms with van der Waals surface area (Å²) in [6.45, 7) is 7.16. The first kappa shape index (κ1) is 19.7. The van der Waals surface area contributed by atoms with Crippen LogP contribution in [0.25, 0.3) is 0 Å². The van der Waals surface area contributed by atoms with E-state index in [9.17, 15) is 0 Å². The Labute approximate surface area is 152 Å². The molecule has 5 heteroatoms. The topological polar surface area (TPSA) is 54.9 Å². The van der Waals surface area contributed by atoms with Gasteiger partial charge in [-0.05, 0) is 50.7 Å². The van der Waals surface area contributed by atoms with Gasteiger partial charge >= 0.3 is 0 Å². The van der Waals surface area contributed by atoms with Gasteiger partial charge in [0.25, 0.3) is 0 Å². The first-order chi connectivity index (χ1) is 12.2. The van der Waals surface area contributed by atoms with Gasteiger partial charge in [0.1, 0.15) is 0 Å². The third kappa shape index (κ3) is 6.67. The third-order valence-electron chi connectivity index (χ3n) is 4.35. The van der Waals surface area contributed by atoms with E-state index >= 15 is 0 Å². The Balaban J connectivity index is 1.74. The lowest BCUT2D eigenvalue weighted by molar-refractivity contribution is 0.0402. The number of aliphatic imine (C=N–C) groups is 1. The van der Waals surface area contributed by atoms with Crippen molar-refractivity contribution in [3.8, 4) is 0 Å². The highest BCUT2D eigenvalue weighted by Crippen LogP contribution is 2.32. The van der Waals surface area contributed by atoms with Gasteiger partial charge in [0.05, 0.1) is 12.7 Å². The molecular weight excluding hydrogens is 314 g/mol. The Hall–Kier alpha value is -1.59. The number of benzene rings is 1. The molecule has 0 bridgehead atoms. The highest BCUT2D eigenvalue weighted by Gasteiger charge is 2.19. The maximum absolute atomic E-state index is 6.14. The summed E-state index contributed by atoms with van der Waals surface area (Å²) in [5, 5.41) is 6.61. The zero-order chi connectivity index (χ0) is 17.9. The zero-order valence-electron chi connectivity index (χ0n) is 15.9. The monoisotopic (exact) mass is 347 g/mol. The summed E-state index contributed by atoms with van der Waals surface area (Å²) < 4.78 is 11.3. The predicted octanol–water partition coefficient (Wildman–Crippen LogP) is 3.06. The van der Waals surface area contributed by atoms with Crippen LogP contribution in [0.2, 0.25) is 0 Å². The molecule has 2 unspecified atom stereocenters. The van der Waals surface area contributed by atoms with Crippen LogP contribution in [0.3, 0.4) is 0 Å². The van der Waals surface area contributed by atoms with Crippen LogP contribution in [0, 0.1) is 0 Å². The Kier molecular flexibility index (Phi) is 8.77. The summed E-state index contributed by atoms with van der Waals surface area (Å²) in [7, 11) is 1.71. The highest BCUT2D eigenvalue weighted by atomic mass is 16.5. The number of fused-ring (bicyclic) bond motifs is 1. The molecule has 25 heavy (non-hydrogen) atoms. The molecule has 2 atom stereocenters. The summed E-state index contributed by atoms with van der Waals surface area (Å²) in [6, 6.07) is 8.90. The maximum Gasteiger partial charge on any atom is 0.191 e. The summed E-state index contributed by atoms with van der Waals surface area (Å²) in [5.74, 6) is 0.843. The van der Waals surface area contributed by atoms with Gasteiger partial charge in [0.15, 0.2) is 5.96 Å². The van der Waals surface area contributed by atoms with Crippen molar-refractivity contribution >= 4 is 5.96 Å². The summed E-state index contributed by atoms with van der Waals surface area (Å²) in [5.41, 5.74) is 2.82. The molecule has 1 aromatic rings. The van der Waals surface area contributed by atoms with Crippen LogP contribution in [0.1, 0.15) is 50.3 Å². The van der Waals surface area contributed by atoms with E-state index < -0.39 is 0 Å². The Morgan fingerprint density at radius 1 is 1.36 bits per heavy atom. The van der Waals surface area contributed by atoms with Gasteiger partial charge in [-0.3, -0.25) is 4.99 Å². The van der Waals surface area contributed by atoms with E-state index in [1.54, 1.807) is 7.11 Å². The second-order valence-corrected chi connectivity index (χ2v) is 6.57. The molecular formula is C20H33N3O2. The summed E-state index contributed by atoms with van der Waals surface area (Å²) in [4.78, 5) is 4.62. The van der Waals surface area contributed by atoms with Crippen molar-refractivity contribution in [1.29, 1.82) is 0 Å². The zero-order valence-corrected chi connectivity index (χ0v) is 15.9. The highest BCUT2D eigenvalue weighted by molar-refractivity contribution is 5.80. The second kappa shape index (κ2) is 11.1. The number of ether oxygens (including phenoxy) is 2. The molecule has 0 saturated carbocycles. The normalized spacial score (nSPS) is 18.5. The molecule has 0 aromatic heterocycles. The van der Waals surface area contributed by atoms with Crippen LogP contribution in [-0.4, -0.2) is 45.4 Å². The van der Waals surface area contributed by atoms with E-state index in [2.05, 4.69) is 53.7 Å². The van der Waals surface area contributed by atoms with Gasteiger partial charge in [0.2, 0.25) is 0 Å². The smallest absolute Gasteiger partial charge is 0.191 e. The van der Waals surface area contributed by atoms with Crippen molar-refractivity contribution in [3.63, 3.8) is 0 Å². The molecule has 1 aliphatic carbocycles. The number of nitrogens with zero attached hydrogens (tertiary/aromatic N) is 1. The molecule has 1 aliphatic rings. The average molecular weight is 348 g/mol. The minimum atomic E-state index is 0.234. The van der Waals surface area contributed by atoms with Gasteiger partial charge in [-0.1, -0.05) is 24.3 Å². The first-order valence-corrected chi connectivity index (χ1v) is 9.47. The number of aryl methyl sites for hydroxylation is 1. The van der Waals surface area contributed by atoms with Crippen LogP contribution < -0.4 is 10.6 Å². The fourth-order valence-electron chi connectivity index (χ4n) is 3.21. The van der Waals surface area contributed by atoms with Gasteiger partial charge in [-0.25, -0.2) is 0 Å². The van der Waals surface area contributed by atoms with E-state index in [0.717, 1.165) is 38.5 Å². The van der Waals surface area contributed by atoms with E-state index in [1.165, 1.54) is 24.0 Å². The van der Waals surface area contributed by atoms with Crippen molar-refractivity contribution in [2.75, 3.05) is 33.4 Å². The number of nitrogens with one attached hydrogen (secondary N) is 2. The molecule has 0 fully saturated rings. The number of hydrogen-bond acceptors (Lipinski definition) is 3. The van der Waals surface area contributed by atoms with Gasteiger partial charge < -0.3 is 20.1 Å². The van der Waals surface area contributed by atoms with E-state index in [-0.39, 0.29) is 12.1 Å². The van der Waals surface area contributed by atoms with Crippen molar-refractivity contribution < 1.29 is 9.47 Å². The molecule has 0 radical (unpaired) electrons. The minimum Gasteiger partial charge on any atom is -0.383 e. The summed E-state index contributed by atoms with van der Waals surface area (Å²) >= 11 is 0. The first-order valence-electron chi connectivity index (χ1n) is 9.47. The van der Waals surface area contributed by atoms with Gasteiger partial charge in [-0.15, -0.1) is 0 Å². The summed E-state index contributed by atoms with van der Waals surface area (Å²) in [6.07, 6.45) is 4.69. The van der Waals surface area contributed by atoms with Crippen molar-refractivity contribution in [2.24, 2.45) is 4.99 Å². The predicted molar refractivity (Wildman–Crippen MR) is 103 cm³/mol. The number of guanidine groups is 1. The number of methoxy groups -OCH3 is 1. The Morgan fingerprint density at radius 3 is 3.00 bits per heavy atom. The van der Waals surface area contributed by atoms with Crippen LogP contribution in [-0.2, 0) is 15.9 Å². The van der Waals surface area contributed by atoms with Crippen LogP contribution in [0.4, 0.5) is 0 Å². The van der Waals surface area contributed by atoms with Crippen molar-refractivity contribution in [1.82, 2.24) is 10.6 Å². The molecule has 140 valence electrons. The molecule has 2 rings (SSSR count). The molecule has 2 N–H and O–H groups in total. The van der Waals surface area contributed by atoms with Crippen molar-refractivity contribution in [2.45, 2.75) is 51.7 Å². The van der Waals surface area contributed by atoms with Gasteiger partial charge in [0, 0.05) is 32.8 Å². The van der Waals surface area contributed by atoms with Gasteiger partial charge in [-0.2, -0.15) is 0 Å². The van der Waals surface area contributed by atoms with Crippen LogP contribution in [0.5, 0.6) is 0 Å². The standard InChI is InChI=1S/C20H33N3O2/c1-4-21-20(23-16(2)15-24-3)22-13-8-14-25-19-12-7-10-17-9-5-6-11-18(17)19/h5-6,9,11,16,19H,4,7-8,10,12-15H2,1-3H3,(H2,21,22,23). The minimum absolute atomic E-state index is 0.234. The Morgan fingerprint density at radius 2 is 2.20 bits per heavy atom. The molecule has 0 saturated heterocycles. The largest absolute Gasteiger partial charge is 0.383 e. The van der Waals surface area contributed by atoms with E-state index in [4.69, 9.17) is 9.47 Å². The van der Waals surface area contributed by atoms with Crippen LogP contribution in [0.15, 0.2) is 29.3 Å². The molecule has 0 amide bonds. The second-order valence-electron chi connectivity index (χ2n) is 6.57. The average Bonchev–Trinajstić information content (AvgIpc) is 2.62. The molecule has 0 aliphatic heterocycles. The lowest BCUT2D eigenvalue weighted by Gasteiger charge is -2.25. The molecule has 0 heterocycles. The van der Waals surface area contributed by atoms with E-state index in [0.29, 0.717) is 6.61 Å². The Bertz CT molecular complexity index is 533. The van der Waals surface area contributed by atoms with Crippen molar-refractivity contribution in [3.05, 3.63) is 35.4 Å². The lowest BCUT2D eigenvalue weighted by atomic mass is 9.89. The van der Waals surface area contributed by atoms with E-state index in [1.807, 2.05) is 0 Å². The number of rotatable bonds is 9. The lowest BCUT2D eigenvalue weighted by Crippen LogP contribution is -2.44. The maximum atomic E-state index is 6.14. The quantitative estimate of drug-likeness (QED) is 0.409. The molecule has 1 aromatic carbocycles. The molecule has 5 nitrogen and oxygen atoms in total. The molecule has 0 spiro atoms. The van der Waals surface area contributed by atoms with Crippen LogP contribution >= 0.6 is 0 Å². The number of hydrogen-bond donors (Lipinski definition) is 2. The SMILES string of the molecule is CCNC(=NCCCOC1CCCc2ccccc21)NC(C)COC. The fraction of sp³-hybridized carbons (Fsp3) is 0.650.